The molecule has 24 heavy (non-hydrogen) atoms. The number of aryl methyl sites for hydroxylation is 1. The number of aliphatic hydroxyl groups excluding tert-OH is 1. The number of aromatic nitrogens is 3. The monoisotopic (exact) mass is 346 g/mol. The highest BCUT2D eigenvalue weighted by Crippen LogP contribution is 2.22. The quantitative estimate of drug-likeness (QED) is 0.781. The molecule has 0 saturated carbocycles. The second kappa shape index (κ2) is 8.65. The zero-order valence-corrected chi connectivity index (χ0v) is 15.1. The van der Waals surface area contributed by atoms with Gasteiger partial charge in [-0.3, -0.25) is 4.90 Å². The zero-order valence-electron chi connectivity index (χ0n) is 14.3. The molecule has 1 aromatic heterocycles. The van der Waals surface area contributed by atoms with Crippen LogP contribution in [0.3, 0.4) is 0 Å². The van der Waals surface area contributed by atoms with Gasteiger partial charge < -0.3 is 9.67 Å². The molecular weight excluding hydrogens is 320 g/mol. The molecule has 0 saturated heterocycles. The Labute approximate surface area is 148 Å². The smallest absolute Gasteiger partial charge is 0.191 e. The van der Waals surface area contributed by atoms with Crippen molar-refractivity contribution >= 4 is 11.8 Å². The molecule has 1 aliphatic heterocycles. The van der Waals surface area contributed by atoms with Crippen LogP contribution in [0.5, 0.6) is 0 Å². The van der Waals surface area contributed by atoms with Gasteiger partial charge >= 0.3 is 0 Å². The van der Waals surface area contributed by atoms with Crippen molar-refractivity contribution in [3.63, 3.8) is 0 Å². The predicted molar refractivity (Wildman–Crippen MR) is 97.1 cm³/mol. The summed E-state index contributed by atoms with van der Waals surface area (Å²) in [5.74, 6) is 1.75. The third kappa shape index (κ3) is 4.82. The summed E-state index contributed by atoms with van der Waals surface area (Å²) in [5, 5.41) is 19.9. The van der Waals surface area contributed by atoms with Crippen molar-refractivity contribution in [2.45, 2.75) is 50.0 Å². The molecule has 130 valence electrons. The summed E-state index contributed by atoms with van der Waals surface area (Å²) in [4.78, 5) is 2.16. The Bertz CT molecular complexity index is 631. The Hall–Kier alpha value is -1.37. The fourth-order valence-corrected chi connectivity index (χ4v) is 4.01. The first-order chi connectivity index (χ1) is 11.7. The van der Waals surface area contributed by atoms with Crippen LogP contribution in [0.2, 0.25) is 0 Å². The van der Waals surface area contributed by atoms with Gasteiger partial charge in [0.1, 0.15) is 5.82 Å². The molecular formula is C18H26N4OS. The van der Waals surface area contributed by atoms with Gasteiger partial charge in [-0.1, -0.05) is 48.5 Å². The summed E-state index contributed by atoms with van der Waals surface area (Å²) < 4.78 is 2.23. The minimum absolute atomic E-state index is 0.373. The van der Waals surface area contributed by atoms with E-state index in [2.05, 4.69) is 31.8 Å². The molecule has 0 bridgehead atoms. The Morgan fingerprint density at radius 3 is 2.88 bits per heavy atom. The van der Waals surface area contributed by atoms with E-state index >= 15 is 0 Å². The summed E-state index contributed by atoms with van der Waals surface area (Å²) in [5.41, 5.74) is 1.27. The fraction of sp³-hybridized carbons (Fsp3) is 0.556. The fourth-order valence-electron chi connectivity index (χ4n) is 3.11. The van der Waals surface area contributed by atoms with Crippen molar-refractivity contribution in [1.82, 2.24) is 19.7 Å². The molecule has 1 aromatic carbocycles. The molecule has 5 nitrogen and oxygen atoms in total. The van der Waals surface area contributed by atoms with Crippen LogP contribution in [0.25, 0.3) is 0 Å². The number of nitrogens with zero attached hydrogens (tertiary/aromatic N) is 4. The lowest BCUT2D eigenvalue weighted by Gasteiger charge is -2.20. The lowest BCUT2D eigenvalue weighted by Crippen LogP contribution is -2.30. The topological polar surface area (TPSA) is 54.2 Å². The first kappa shape index (κ1) is 17.5. The number of rotatable bonds is 7. The molecule has 2 aromatic rings. The van der Waals surface area contributed by atoms with Crippen LogP contribution in [0.1, 0.15) is 30.7 Å². The Morgan fingerprint density at radius 2 is 2.04 bits per heavy atom. The SMILES string of the molecule is CN(Cc1ccccc1)CC(O)CSc1nnc2n1CCCCC2. The molecule has 3 rings (SSSR count). The summed E-state index contributed by atoms with van der Waals surface area (Å²) in [6.45, 7) is 2.51. The van der Waals surface area contributed by atoms with Crippen LogP contribution in [0, 0.1) is 0 Å². The van der Waals surface area contributed by atoms with Gasteiger partial charge in [0.25, 0.3) is 0 Å². The van der Waals surface area contributed by atoms with Crippen LogP contribution in [0.4, 0.5) is 0 Å². The second-order valence-corrected chi connectivity index (χ2v) is 7.50. The largest absolute Gasteiger partial charge is 0.391 e. The molecule has 1 atom stereocenters. The third-order valence-corrected chi connectivity index (χ3v) is 5.41. The van der Waals surface area contributed by atoms with Crippen LogP contribution < -0.4 is 0 Å². The van der Waals surface area contributed by atoms with E-state index < -0.39 is 0 Å². The van der Waals surface area contributed by atoms with Gasteiger partial charge in [-0.15, -0.1) is 10.2 Å². The molecule has 0 aliphatic carbocycles. The maximum Gasteiger partial charge on any atom is 0.191 e. The lowest BCUT2D eigenvalue weighted by molar-refractivity contribution is 0.142. The van der Waals surface area contributed by atoms with Crippen LogP contribution in [-0.2, 0) is 19.5 Å². The number of benzene rings is 1. The van der Waals surface area contributed by atoms with Gasteiger partial charge in [0.15, 0.2) is 5.16 Å². The number of thioether (sulfide) groups is 1. The summed E-state index contributed by atoms with van der Waals surface area (Å²) in [6, 6.07) is 10.3. The summed E-state index contributed by atoms with van der Waals surface area (Å²) >= 11 is 1.62. The second-order valence-electron chi connectivity index (χ2n) is 6.51. The highest BCUT2D eigenvalue weighted by atomic mass is 32.2. The van der Waals surface area contributed by atoms with E-state index in [1.54, 1.807) is 11.8 Å². The molecule has 1 N–H and O–H groups in total. The average molecular weight is 347 g/mol. The Balaban J connectivity index is 1.47. The number of aliphatic hydroxyl groups is 1. The van der Waals surface area contributed by atoms with E-state index in [1.165, 1.54) is 24.8 Å². The molecule has 0 radical (unpaired) electrons. The average Bonchev–Trinajstić information content (AvgIpc) is 2.80. The minimum Gasteiger partial charge on any atom is -0.391 e. The van der Waals surface area contributed by atoms with Crippen molar-refractivity contribution in [1.29, 1.82) is 0 Å². The predicted octanol–water partition coefficient (Wildman–Crippen LogP) is 2.59. The van der Waals surface area contributed by atoms with Crippen LogP contribution >= 0.6 is 11.8 Å². The van der Waals surface area contributed by atoms with Crippen LogP contribution in [0.15, 0.2) is 35.5 Å². The standard InChI is InChI=1S/C18H26N4OS/c1-21(12-15-8-4-2-5-9-15)13-16(23)14-24-18-20-19-17-10-6-3-7-11-22(17)18/h2,4-5,8-9,16,23H,3,6-7,10-14H2,1H3. The summed E-state index contributed by atoms with van der Waals surface area (Å²) in [7, 11) is 2.05. The molecule has 0 amide bonds. The van der Waals surface area contributed by atoms with E-state index in [-0.39, 0.29) is 6.10 Å². The molecule has 0 spiro atoms. The van der Waals surface area contributed by atoms with E-state index in [9.17, 15) is 5.11 Å². The van der Waals surface area contributed by atoms with Crippen molar-refractivity contribution in [2.75, 3.05) is 19.3 Å². The van der Waals surface area contributed by atoms with Crippen molar-refractivity contribution < 1.29 is 5.11 Å². The molecule has 2 heterocycles. The van der Waals surface area contributed by atoms with Crippen molar-refractivity contribution in [3.05, 3.63) is 41.7 Å². The normalized spacial score (nSPS) is 16.0. The van der Waals surface area contributed by atoms with Gasteiger partial charge in [-0.05, 0) is 25.5 Å². The number of likely N-dealkylation sites (N-methyl/N-ethyl adjacent to an activating group) is 1. The highest BCUT2D eigenvalue weighted by molar-refractivity contribution is 7.99. The van der Waals surface area contributed by atoms with Gasteiger partial charge in [0, 0.05) is 31.8 Å². The van der Waals surface area contributed by atoms with E-state index in [1.807, 2.05) is 25.2 Å². The maximum atomic E-state index is 10.3. The number of fused-ring (bicyclic) bond motifs is 1. The van der Waals surface area contributed by atoms with Crippen LogP contribution in [-0.4, -0.2) is 50.2 Å². The minimum atomic E-state index is -0.373. The van der Waals surface area contributed by atoms with Gasteiger partial charge in [0.05, 0.1) is 6.10 Å². The zero-order chi connectivity index (χ0) is 16.8. The Morgan fingerprint density at radius 1 is 1.21 bits per heavy atom. The van der Waals surface area contributed by atoms with Gasteiger partial charge in [-0.2, -0.15) is 0 Å². The first-order valence-electron chi connectivity index (χ1n) is 8.68. The highest BCUT2D eigenvalue weighted by Gasteiger charge is 2.17. The van der Waals surface area contributed by atoms with Crippen molar-refractivity contribution in [3.8, 4) is 0 Å². The van der Waals surface area contributed by atoms with E-state index in [0.717, 1.165) is 30.5 Å². The molecule has 0 fully saturated rings. The third-order valence-electron chi connectivity index (χ3n) is 4.30. The first-order valence-corrected chi connectivity index (χ1v) is 9.66. The van der Waals surface area contributed by atoms with Crippen molar-refractivity contribution in [2.24, 2.45) is 0 Å². The molecule has 1 aliphatic rings. The van der Waals surface area contributed by atoms with Gasteiger partial charge in [-0.25, -0.2) is 0 Å². The maximum absolute atomic E-state index is 10.3. The number of hydrogen-bond acceptors (Lipinski definition) is 5. The molecule has 1 unspecified atom stereocenters. The number of hydrogen-bond donors (Lipinski definition) is 1. The van der Waals surface area contributed by atoms with E-state index in [4.69, 9.17) is 0 Å². The van der Waals surface area contributed by atoms with Gasteiger partial charge in [0.2, 0.25) is 0 Å². The molecule has 6 heteroatoms. The summed E-state index contributed by atoms with van der Waals surface area (Å²) in [6.07, 6.45) is 4.31. The van der Waals surface area contributed by atoms with E-state index in [0.29, 0.717) is 12.3 Å². The Kier molecular flexibility index (Phi) is 6.29. The lowest BCUT2D eigenvalue weighted by atomic mass is 10.2.